The summed E-state index contributed by atoms with van der Waals surface area (Å²) in [5.74, 6) is 0.240. The summed E-state index contributed by atoms with van der Waals surface area (Å²) in [5, 5.41) is 0.752. The van der Waals surface area contributed by atoms with Crippen molar-refractivity contribution in [1.29, 1.82) is 0 Å². The lowest BCUT2D eigenvalue weighted by Gasteiger charge is -2.30. The summed E-state index contributed by atoms with van der Waals surface area (Å²) in [4.78, 5) is 13.9. The highest BCUT2D eigenvalue weighted by atomic mass is 35.5. The molecule has 0 bridgehead atoms. The minimum Gasteiger partial charge on any atom is -0.341 e. The molecule has 1 atom stereocenters. The largest absolute Gasteiger partial charge is 0.341 e. The zero-order valence-corrected chi connectivity index (χ0v) is 11.9. The van der Waals surface area contributed by atoms with Crippen LogP contribution in [0.1, 0.15) is 31.2 Å². The standard InChI is InChI=1S/C15H21ClN2O/c16-13-8-6-12(7-9-13)3-1-5-15(19)18-10-2-4-14(17)11-18/h6-9,14H,1-5,10-11,17H2. The fourth-order valence-electron chi connectivity index (χ4n) is 2.49. The van der Waals surface area contributed by atoms with E-state index < -0.39 is 0 Å². The van der Waals surface area contributed by atoms with E-state index >= 15 is 0 Å². The van der Waals surface area contributed by atoms with Crippen LogP contribution in [0.25, 0.3) is 0 Å². The maximum atomic E-state index is 12.0. The monoisotopic (exact) mass is 280 g/mol. The van der Waals surface area contributed by atoms with Gasteiger partial charge in [0.05, 0.1) is 0 Å². The van der Waals surface area contributed by atoms with E-state index in [1.807, 2.05) is 29.2 Å². The predicted molar refractivity (Wildman–Crippen MR) is 78.2 cm³/mol. The zero-order chi connectivity index (χ0) is 13.7. The van der Waals surface area contributed by atoms with E-state index in [0.717, 1.165) is 43.8 Å². The van der Waals surface area contributed by atoms with Gasteiger partial charge in [0.25, 0.3) is 0 Å². The third-order valence-electron chi connectivity index (χ3n) is 3.58. The van der Waals surface area contributed by atoms with Crippen LogP contribution in [0.5, 0.6) is 0 Å². The molecule has 0 radical (unpaired) electrons. The Morgan fingerprint density at radius 2 is 2.11 bits per heavy atom. The minimum atomic E-state index is 0.161. The first-order valence-corrected chi connectivity index (χ1v) is 7.31. The smallest absolute Gasteiger partial charge is 0.222 e. The highest BCUT2D eigenvalue weighted by Crippen LogP contribution is 2.14. The Bertz CT molecular complexity index is 419. The molecular formula is C15H21ClN2O. The van der Waals surface area contributed by atoms with Crippen molar-refractivity contribution in [3.63, 3.8) is 0 Å². The lowest BCUT2D eigenvalue weighted by molar-refractivity contribution is -0.132. The number of amides is 1. The number of nitrogens with two attached hydrogens (primary N) is 1. The number of benzene rings is 1. The van der Waals surface area contributed by atoms with Crippen molar-refractivity contribution in [2.75, 3.05) is 13.1 Å². The van der Waals surface area contributed by atoms with Crippen molar-refractivity contribution in [2.45, 2.75) is 38.1 Å². The zero-order valence-electron chi connectivity index (χ0n) is 11.1. The molecule has 1 saturated heterocycles. The number of piperidine rings is 1. The fourth-order valence-corrected chi connectivity index (χ4v) is 2.62. The topological polar surface area (TPSA) is 46.3 Å². The highest BCUT2D eigenvalue weighted by molar-refractivity contribution is 6.30. The Balaban J connectivity index is 1.73. The Kier molecular flexibility index (Phi) is 5.23. The average molecular weight is 281 g/mol. The number of carbonyl (C=O) groups excluding carboxylic acids is 1. The van der Waals surface area contributed by atoms with E-state index in [1.54, 1.807) is 0 Å². The molecule has 2 N–H and O–H groups in total. The van der Waals surface area contributed by atoms with Crippen LogP contribution in [0, 0.1) is 0 Å². The molecule has 2 rings (SSSR count). The van der Waals surface area contributed by atoms with Crippen molar-refractivity contribution in [1.82, 2.24) is 4.90 Å². The highest BCUT2D eigenvalue weighted by Gasteiger charge is 2.20. The summed E-state index contributed by atoms with van der Waals surface area (Å²) >= 11 is 5.84. The van der Waals surface area contributed by atoms with Crippen molar-refractivity contribution in [2.24, 2.45) is 5.73 Å². The summed E-state index contributed by atoms with van der Waals surface area (Å²) < 4.78 is 0. The molecule has 1 aliphatic rings. The number of aryl methyl sites for hydroxylation is 1. The number of halogens is 1. The number of rotatable bonds is 4. The second-order valence-corrected chi connectivity index (χ2v) is 5.66. The summed E-state index contributed by atoms with van der Waals surface area (Å²) in [6, 6.07) is 7.98. The molecule has 104 valence electrons. The minimum absolute atomic E-state index is 0.161. The van der Waals surface area contributed by atoms with Crippen LogP contribution in [0.4, 0.5) is 0 Å². The van der Waals surface area contributed by atoms with Gasteiger partial charge in [-0.05, 0) is 43.4 Å². The molecule has 0 saturated carbocycles. The second-order valence-electron chi connectivity index (χ2n) is 5.22. The van der Waals surface area contributed by atoms with E-state index in [9.17, 15) is 4.79 Å². The average Bonchev–Trinajstić information content (AvgIpc) is 2.41. The van der Waals surface area contributed by atoms with Crippen molar-refractivity contribution < 1.29 is 4.79 Å². The number of hydrogen-bond donors (Lipinski definition) is 1. The molecule has 1 amide bonds. The summed E-state index contributed by atoms with van der Waals surface area (Å²) in [5.41, 5.74) is 7.12. The lowest BCUT2D eigenvalue weighted by Crippen LogP contribution is -2.45. The molecule has 4 heteroatoms. The Hall–Kier alpha value is -1.06. The van der Waals surface area contributed by atoms with Crippen LogP contribution in [-0.4, -0.2) is 29.9 Å². The first kappa shape index (κ1) is 14.4. The van der Waals surface area contributed by atoms with Gasteiger partial charge < -0.3 is 10.6 Å². The Morgan fingerprint density at radius 3 is 2.79 bits per heavy atom. The molecule has 1 fully saturated rings. The summed E-state index contributed by atoms with van der Waals surface area (Å²) in [6.45, 7) is 1.59. The Morgan fingerprint density at radius 1 is 1.37 bits per heavy atom. The van der Waals surface area contributed by atoms with Crippen LogP contribution in [0.15, 0.2) is 24.3 Å². The first-order valence-electron chi connectivity index (χ1n) is 6.93. The van der Waals surface area contributed by atoms with Crippen LogP contribution >= 0.6 is 11.6 Å². The molecule has 19 heavy (non-hydrogen) atoms. The predicted octanol–water partition coefficient (Wildman–Crippen LogP) is 2.61. The van der Waals surface area contributed by atoms with Gasteiger partial charge in [0.2, 0.25) is 5.91 Å². The van der Waals surface area contributed by atoms with Crippen molar-refractivity contribution in [3.05, 3.63) is 34.9 Å². The molecule has 0 spiro atoms. The third-order valence-corrected chi connectivity index (χ3v) is 3.83. The number of likely N-dealkylation sites (tertiary alicyclic amines) is 1. The van der Waals surface area contributed by atoms with Gasteiger partial charge in [-0.15, -0.1) is 0 Å². The maximum absolute atomic E-state index is 12.0. The maximum Gasteiger partial charge on any atom is 0.222 e. The first-order chi connectivity index (χ1) is 9.15. The van der Waals surface area contributed by atoms with Crippen LogP contribution in [0.2, 0.25) is 5.02 Å². The molecule has 1 aliphatic heterocycles. The fraction of sp³-hybridized carbons (Fsp3) is 0.533. The van der Waals surface area contributed by atoms with Crippen LogP contribution in [-0.2, 0) is 11.2 Å². The third kappa shape index (κ3) is 4.51. The van der Waals surface area contributed by atoms with E-state index in [4.69, 9.17) is 17.3 Å². The van der Waals surface area contributed by atoms with E-state index in [1.165, 1.54) is 5.56 Å². The van der Waals surface area contributed by atoms with E-state index in [-0.39, 0.29) is 11.9 Å². The van der Waals surface area contributed by atoms with E-state index in [2.05, 4.69) is 0 Å². The van der Waals surface area contributed by atoms with Gasteiger partial charge in [0, 0.05) is 30.6 Å². The number of carbonyl (C=O) groups is 1. The summed E-state index contributed by atoms with van der Waals surface area (Å²) in [6.07, 6.45) is 4.48. The SMILES string of the molecule is NC1CCCN(C(=O)CCCc2ccc(Cl)cc2)C1. The van der Waals surface area contributed by atoms with Crippen molar-refractivity contribution in [3.8, 4) is 0 Å². The number of nitrogens with zero attached hydrogens (tertiary/aromatic N) is 1. The van der Waals surface area contributed by atoms with Gasteiger partial charge in [-0.2, -0.15) is 0 Å². The van der Waals surface area contributed by atoms with E-state index in [0.29, 0.717) is 6.42 Å². The molecule has 1 aromatic carbocycles. The normalized spacial score (nSPS) is 19.5. The van der Waals surface area contributed by atoms with Gasteiger partial charge >= 0.3 is 0 Å². The molecule has 1 unspecified atom stereocenters. The molecule has 0 aliphatic carbocycles. The summed E-state index contributed by atoms with van der Waals surface area (Å²) in [7, 11) is 0. The molecule has 1 aromatic rings. The van der Waals surface area contributed by atoms with Crippen molar-refractivity contribution >= 4 is 17.5 Å². The second kappa shape index (κ2) is 6.92. The van der Waals surface area contributed by atoms with Crippen LogP contribution in [0.3, 0.4) is 0 Å². The van der Waals surface area contributed by atoms with Gasteiger partial charge in [-0.1, -0.05) is 23.7 Å². The van der Waals surface area contributed by atoms with Gasteiger partial charge in [-0.25, -0.2) is 0 Å². The quantitative estimate of drug-likeness (QED) is 0.921. The molecule has 3 nitrogen and oxygen atoms in total. The molecule has 0 aromatic heterocycles. The van der Waals surface area contributed by atoms with Gasteiger partial charge in [0.1, 0.15) is 0 Å². The number of hydrogen-bond acceptors (Lipinski definition) is 2. The molecule has 1 heterocycles. The van der Waals surface area contributed by atoms with Crippen LogP contribution < -0.4 is 5.73 Å². The van der Waals surface area contributed by atoms with Gasteiger partial charge in [0.15, 0.2) is 0 Å². The lowest BCUT2D eigenvalue weighted by atomic mass is 10.0. The Labute approximate surface area is 119 Å². The molecular weight excluding hydrogens is 260 g/mol. The van der Waals surface area contributed by atoms with Gasteiger partial charge in [-0.3, -0.25) is 4.79 Å².